The summed E-state index contributed by atoms with van der Waals surface area (Å²) in [5.74, 6) is 0.418. The van der Waals surface area contributed by atoms with E-state index in [1.807, 2.05) is 13.8 Å². The molecule has 5 nitrogen and oxygen atoms in total. The molecular weight excluding hydrogens is 194 g/mol. The van der Waals surface area contributed by atoms with E-state index in [0.717, 1.165) is 5.69 Å². The highest BCUT2D eigenvalue weighted by atomic mass is 16.5. The Kier molecular flexibility index (Phi) is 5.00. The zero-order valence-corrected chi connectivity index (χ0v) is 9.14. The van der Waals surface area contributed by atoms with Crippen LogP contribution in [0.15, 0.2) is 12.4 Å². The van der Waals surface area contributed by atoms with E-state index >= 15 is 0 Å². The molecule has 0 fully saturated rings. The predicted octanol–water partition coefficient (Wildman–Crippen LogP) is 1.00. The third-order valence-electron chi connectivity index (χ3n) is 1.80. The summed E-state index contributed by atoms with van der Waals surface area (Å²) in [4.78, 5) is 8.00. The van der Waals surface area contributed by atoms with E-state index in [0.29, 0.717) is 25.6 Å². The van der Waals surface area contributed by atoms with Gasteiger partial charge in [-0.15, -0.1) is 0 Å². The highest BCUT2D eigenvalue weighted by molar-refractivity contribution is 5.22. The van der Waals surface area contributed by atoms with Gasteiger partial charge in [-0.25, -0.2) is 4.98 Å². The molecule has 0 bridgehead atoms. The number of rotatable bonds is 6. The van der Waals surface area contributed by atoms with Crippen LogP contribution in [0, 0.1) is 0 Å². The first-order valence-corrected chi connectivity index (χ1v) is 4.98. The van der Waals surface area contributed by atoms with Crippen LogP contribution in [0.5, 0.6) is 0 Å². The molecule has 0 spiro atoms. The second-order valence-corrected chi connectivity index (χ2v) is 3.21. The Balaban J connectivity index is 2.27. The summed E-state index contributed by atoms with van der Waals surface area (Å²) in [6, 6.07) is 0. The Morgan fingerprint density at radius 1 is 1.40 bits per heavy atom. The van der Waals surface area contributed by atoms with E-state index in [-0.39, 0.29) is 6.10 Å². The molecule has 1 atom stereocenters. The van der Waals surface area contributed by atoms with Crippen LogP contribution in [-0.4, -0.2) is 29.3 Å². The summed E-state index contributed by atoms with van der Waals surface area (Å²) in [6.45, 7) is 5.65. The van der Waals surface area contributed by atoms with Crippen LogP contribution >= 0.6 is 0 Å². The molecule has 5 heteroatoms. The quantitative estimate of drug-likeness (QED) is 0.760. The van der Waals surface area contributed by atoms with Gasteiger partial charge in [-0.3, -0.25) is 4.98 Å². The van der Waals surface area contributed by atoms with Crippen molar-refractivity contribution in [3.05, 3.63) is 18.1 Å². The number of aromatic nitrogens is 2. The van der Waals surface area contributed by atoms with Gasteiger partial charge in [0.2, 0.25) is 0 Å². The van der Waals surface area contributed by atoms with Crippen molar-refractivity contribution in [2.75, 3.05) is 18.9 Å². The number of nitrogens with zero attached hydrogens (tertiary/aromatic N) is 2. The number of ether oxygens (including phenoxy) is 2. The van der Waals surface area contributed by atoms with E-state index in [2.05, 4.69) is 9.97 Å². The van der Waals surface area contributed by atoms with Crippen LogP contribution in [0.1, 0.15) is 19.5 Å². The minimum Gasteiger partial charge on any atom is -0.382 e. The summed E-state index contributed by atoms with van der Waals surface area (Å²) in [7, 11) is 0. The number of hydrogen-bond donors (Lipinski definition) is 1. The summed E-state index contributed by atoms with van der Waals surface area (Å²) < 4.78 is 10.7. The minimum absolute atomic E-state index is 0.0595. The first-order chi connectivity index (χ1) is 7.22. The lowest BCUT2D eigenvalue weighted by Gasteiger charge is -2.12. The molecule has 2 N–H and O–H groups in total. The van der Waals surface area contributed by atoms with E-state index in [9.17, 15) is 0 Å². The van der Waals surface area contributed by atoms with Gasteiger partial charge < -0.3 is 15.2 Å². The van der Waals surface area contributed by atoms with Crippen LogP contribution in [0.3, 0.4) is 0 Å². The van der Waals surface area contributed by atoms with Gasteiger partial charge in [0.15, 0.2) is 0 Å². The van der Waals surface area contributed by atoms with Crippen LogP contribution in [0.4, 0.5) is 5.82 Å². The van der Waals surface area contributed by atoms with Crippen LogP contribution in [0.25, 0.3) is 0 Å². The van der Waals surface area contributed by atoms with Gasteiger partial charge in [-0.05, 0) is 13.8 Å². The molecule has 1 aromatic rings. The second kappa shape index (κ2) is 6.31. The Bertz CT molecular complexity index is 277. The lowest BCUT2D eigenvalue weighted by Crippen LogP contribution is -2.16. The zero-order valence-electron chi connectivity index (χ0n) is 9.14. The van der Waals surface area contributed by atoms with Gasteiger partial charge in [0.1, 0.15) is 5.82 Å². The summed E-state index contributed by atoms with van der Waals surface area (Å²) >= 11 is 0. The van der Waals surface area contributed by atoms with Gasteiger partial charge in [0.25, 0.3) is 0 Å². The lowest BCUT2D eigenvalue weighted by atomic mass is 10.4. The maximum Gasteiger partial charge on any atom is 0.141 e. The van der Waals surface area contributed by atoms with Gasteiger partial charge in [0.05, 0.1) is 37.4 Å². The lowest BCUT2D eigenvalue weighted by molar-refractivity contribution is -0.0128. The minimum atomic E-state index is 0.0595. The van der Waals surface area contributed by atoms with Crippen molar-refractivity contribution in [3.63, 3.8) is 0 Å². The Hall–Kier alpha value is -1.20. The van der Waals surface area contributed by atoms with Crippen LogP contribution < -0.4 is 5.73 Å². The van der Waals surface area contributed by atoms with Crippen molar-refractivity contribution in [1.29, 1.82) is 0 Å². The molecule has 1 unspecified atom stereocenters. The van der Waals surface area contributed by atoms with Crippen molar-refractivity contribution in [2.45, 2.75) is 26.6 Å². The summed E-state index contributed by atoms with van der Waals surface area (Å²) in [5, 5.41) is 0. The number of hydrogen-bond acceptors (Lipinski definition) is 5. The van der Waals surface area contributed by atoms with Crippen molar-refractivity contribution < 1.29 is 9.47 Å². The second-order valence-electron chi connectivity index (χ2n) is 3.21. The molecule has 15 heavy (non-hydrogen) atoms. The number of nitrogen functional groups attached to an aromatic ring is 1. The third-order valence-corrected chi connectivity index (χ3v) is 1.80. The average molecular weight is 211 g/mol. The van der Waals surface area contributed by atoms with E-state index in [1.54, 1.807) is 6.20 Å². The summed E-state index contributed by atoms with van der Waals surface area (Å²) in [5.41, 5.74) is 6.18. The highest BCUT2D eigenvalue weighted by Crippen LogP contribution is 2.01. The van der Waals surface area contributed by atoms with Gasteiger partial charge in [-0.2, -0.15) is 0 Å². The molecule has 0 radical (unpaired) electrons. The zero-order chi connectivity index (χ0) is 11.1. The Morgan fingerprint density at radius 3 is 2.80 bits per heavy atom. The molecule has 0 aromatic carbocycles. The molecule has 0 aliphatic heterocycles. The first-order valence-electron chi connectivity index (χ1n) is 4.98. The number of anilines is 1. The maximum absolute atomic E-state index is 5.50. The first kappa shape index (κ1) is 11.9. The largest absolute Gasteiger partial charge is 0.382 e. The fourth-order valence-corrected chi connectivity index (χ4v) is 0.999. The van der Waals surface area contributed by atoms with Crippen molar-refractivity contribution in [2.24, 2.45) is 0 Å². The fraction of sp³-hybridized carbons (Fsp3) is 0.600. The topological polar surface area (TPSA) is 70.3 Å². The van der Waals surface area contributed by atoms with Crippen LogP contribution in [0.2, 0.25) is 0 Å². The van der Waals surface area contributed by atoms with Crippen molar-refractivity contribution >= 4 is 5.82 Å². The summed E-state index contributed by atoms with van der Waals surface area (Å²) in [6.07, 6.45) is 3.19. The normalized spacial score (nSPS) is 12.7. The molecule has 0 aliphatic carbocycles. The fourth-order valence-electron chi connectivity index (χ4n) is 0.999. The molecule has 1 aromatic heterocycles. The standard InChI is InChI=1S/C10H17N3O2/c1-3-14-6-8(2)15-7-9-4-13-10(11)5-12-9/h4-5,8H,3,6-7H2,1-2H3,(H2,11,13). The molecular formula is C10H17N3O2. The highest BCUT2D eigenvalue weighted by Gasteiger charge is 2.03. The van der Waals surface area contributed by atoms with Crippen molar-refractivity contribution in [1.82, 2.24) is 9.97 Å². The third kappa shape index (κ3) is 4.71. The molecule has 0 amide bonds. The molecule has 1 rings (SSSR count). The maximum atomic E-state index is 5.50. The molecule has 0 saturated heterocycles. The van der Waals surface area contributed by atoms with Crippen LogP contribution in [-0.2, 0) is 16.1 Å². The molecule has 84 valence electrons. The average Bonchev–Trinajstić information content (AvgIpc) is 2.25. The molecule has 0 aliphatic rings. The predicted molar refractivity (Wildman–Crippen MR) is 57.2 cm³/mol. The molecule has 0 saturated carbocycles. The SMILES string of the molecule is CCOCC(C)OCc1cnc(N)cn1. The number of nitrogens with two attached hydrogens (primary N) is 1. The molecule has 1 heterocycles. The Labute approximate surface area is 89.6 Å². The van der Waals surface area contributed by atoms with E-state index in [4.69, 9.17) is 15.2 Å². The Morgan fingerprint density at radius 2 is 2.20 bits per heavy atom. The van der Waals surface area contributed by atoms with E-state index in [1.165, 1.54) is 6.20 Å². The van der Waals surface area contributed by atoms with Gasteiger partial charge in [-0.1, -0.05) is 0 Å². The van der Waals surface area contributed by atoms with Gasteiger partial charge >= 0.3 is 0 Å². The van der Waals surface area contributed by atoms with Gasteiger partial charge in [0, 0.05) is 6.61 Å². The smallest absolute Gasteiger partial charge is 0.141 e. The van der Waals surface area contributed by atoms with E-state index < -0.39 is 0 Å². The van der Waals surface area contributed by atoms with Crippen molar-refractivity contribution in [3.8, 4) is 0 Å². The monoisotopic (exact) mass is 211 g/mol.